The molecule has 0 aromatic rings. The summed E-state index contributed by atoms with van der Waals surface area (Å²) in [5, 5.41) is 39.6. The van der Waals surface area contributed by atoms with Crippen LogP contribution in [0.5, 0.6) is 0 Å². The van der Waals surface area contributed by atoms with Gasteiger partial charge in [0.1, 0.15) is 24.9 Å². The van der Waals surface area contributed by atoms with Gasteiger partial charge < -0.3 is 39.4 Å². The average Bonchev–Trinajstić information content (AvgIpc) is 3.09. The van der Waals surface area contributed by atoms with Crippen LogP contribution in [0, 0.1) is 0 Å². The molecule has 0 amide bonds. The second-order valence-corrected chi connectivity index (χ2v) is 12.7. The van der Waals surface area contributed by atoms with Gasteiger partial charge in [0.15, 0.2) is 18.5 Å². The van der Waals surface area contributed by atoms with Crippen LogP contribution in [0.15, 0.2) is 48.6 Å². The maximum atomic E-state index is 12.6. The normalized spacial score (nSPS) is 21.8. The highest BCUT2D eigenvalue weighted by atomic mass is 16.7. The third-order valence-corrected chi connectivity index (χ3v) is 8.19. The van der Waals surface area contributed by atoms with Crippen LogP contribution >= 0.6 is 0 Å². The van der Waals surface area contributed by atoms with E-state index in [1.807, 2.05) is 0 Å². The predicted molar refractivity (Wildman–Crippen MR) is 192 cm³/mol. The molecule has 4 N–H and O–H groups in total. The Balaban J connectivity index is 2.48. The van der Waals surface area contributed by atoms with Gasteiger partial charge in [0.05, 0.1) is 6.61 Å². The quantitative estimate of drug-likeness (QED) is 0.0374. The van der Waals surface area contributed by atoms with Gasteiger partial charge in [0.25, 0.3) is 0 Å². The summed E-state index contributed by atoms with van der Waals surface area (Å²) < 4.78 is 21.5. The summed E-state index contributed by atoms with van der Waals surface area (Å²) in [6.45, 7) is 3.59. The minimum Gasteiger partial charge on any atom is -0.479 e. The first-order valence-electron chi connectivity index (χ1n) is 18.7. The van der Waals surface area contributed by atoms with Crippen LogP contribution in [0.1, 0.15) is 129 Å². The number of allylic oxidation sites excluding steroid dienone is 8. The molecular formula is C39H64O11. The molecule has 50 heavy (non-hydrogen) atoms. The third-order valence-electron chi connectivity index (χ3n) is 8.19. The molecule has 0 saturated carbocycles. The van der Waals surface area contributed by atoms with Gasteiger partial charge in [-0.2, -0.15) is 0 Å². The maximum Gasteiger partial charge on any atom is 0.335 e. The number of rotatable bonds is 29. The fourth-order valence-electron chi connectivity index (χ4n) is 5.22. The van der Waals surface area contributed by atoms with E-state index >= 15 is 0 Å². The lowest BCUT2D eigenvalue weighted by Gasteiger charge is -2.38. The minimum absolute atomic E-state index is 0.173. The first-order valence-corrected chi connectivity index (χ1v) is 18.7. The number of carbonyl (C=O) groups is 3. The van der Waals surface area contributed by atoms with Gasteiger partial charge in [0.2, 0.25) is 0 Å². The second kappa shape index (κ2) is 29.9. The summed E-state index contributed by atoms with van der Waals surface area (Å²) in [4.78, 5) is 36.5. The molecule has 1 aliphatic heterocycles. The van der Waals surface area contributed by atoms with E-state index in [1.165, 1.54) is 32.1 Å². The standard InChI is InChI=1S/C39H64O11/c1-3-5-7-9-11-13-14-15-16-17-18-20-21-23-25-27-32(40)47-29-31(49-33(41)28-26-24-22-19-12-10-8-6-4-2)30-48-39-36(44)34(42)35(43)37(50-39)38(45)46/h5,7,11,13,15-16,18,20,31,34-37,39,42-44H,3-4,6,8-10,12,14,17,19,21-30H2,1-2H3,(H,45,46)/b7-5-,13-11-,16-15-,20-18-. The Kier molecular flexibility index (Phi) is 27.0. The van der Waals surface area contributed by atoms with Crippen LogP contribution in [0.2, 0.25) is 0 Å². The van der Waals surface area contributed by atoms with Crippen molar-refractivity contribution in [3.05, 3.63) is 48.6 Å². The van der Waals surface area contributed by atoms with Gasteiger partial charge in [-0.05, 0) is 51.4 Å². The lowest BCUT2D eigenvalue weighted by Crippen LogP contribution is -2.60. The van der Waals surface area contributed by atoms with Crippen LogP contribution in [0.25, 0.3) is 0 Å². The number of carboxylic acids is 1. The zero-order valence-electron chi connectivity index (χ0n) is 30.4. The fourth-order valence-corrected chi connectivity index (χ4v) is 5.22. The zero-order valence-corrected chi connectivity index (χ0v) is 30.4. The first-order chi connectivity index (χ1) is 24.2. The number of carboxylic acid groups (broad SMARTS) is 1. The maximum absolute atomic E-state index is 12.6. The smallest absolute Gasteiger partial charge is 0.335 e. The Morgan fingerprint density at radius 3 is 1.78 bits per heavy atom. The molecule has 1 saturated heterocycles. The molecule has 0 aromatic carbocycles. The summed E-state index contributed by atoms with van der Waals surface area (Å²) in [6.07, 6.45) is 23.3. The van der Waals surface area contributed by atoms with Gasteiger partial charge in [-0.25, -0.2) is 4.79 Å². The number of aliphatic carboxylic acids is 1. The minimum atomic E-state index is -1.86. The molecule has 0 radical (unpaired) electrons. The molecule has 11 nitrogen and oxygen atoms in total. The Bertz CT molecular complexity index is 1020. The van der Waals surface area contributed by atoms with E-state index in [0.29, 0.717) is 12.8 Å². The lowest BCUT2D eigenvalue weighted by atomic mass is 9.99. The van der Waals surface area contributed by atoms with Gasteiger partial charge in [-0.1, -0.05) is 114 Å². The van der Waals surface area contributed by atoms with Crippen molar-refractivity contribution in [1.82, 2.24) is 0 Å². The molecule has 1 rings (SSSR count). The molecule has 6 atom stereocenters. The molecule has 1 fully saturated rings. The summed E-state index contributed by atoms with van der Waals surface area (Å²) >= 11 is 0. The Labute approximate surface area is 299 Å². The van der Waals surface area contributed by atoms with E-state index in [-0.39, 0.29) is 19.4 Å². The van der Waals surface area contributed by atoms with Crippen molar-refractivity contribution in [1.29, 1.82) is 0 Å². The summed E-state index contributed by atoms with van der Waals surface area (Å²) in [7, 11) is 0. The van der Waals surface area contributed by atoms with Crippen LogP contribution in [-0.2, 0) is 33.3 Å². The Morgan fingerprint density at radius 1 is 0.640 bits per heavy atom. The largest absolute Gasteiger partial charge is 0.479 e. The summed E-state index contributed by atoms with van der Waals surface area (Å²) in [5.41, 5.74) is 0. The van der Waals surface area contributed by atoms with E-state index in [9.17, 15) is 34.8 Å². The van der Waals surface area contributed by atoms with Crippen molar-refractivity contribution in [2.75, 3.05) is 13.2 Å². The van der Waals surface area contributed by atoms with Crippen molar-refractivity contribution in [3.8, 4) is 0 Å². The number of ether oxygens (including phenoxy) is 4. The SMILES string of the molecule is CC/C=C\C/C=C\C/C=C\C/C=C\CCCCC(=O)OCC(COC1OC(C(=O)O)C(O)C(O)C1O)OC(=O)CCCCCCCCCCC. The number of carbonyl (C=O) groups excluding carboxylic acids is 2. The van der Waals surface area contributed by atoms with Crippen molar-refractivity contribution >= 4 is 17.9 Å². The topological polar surface area (TPSA) is 169 Å². The number of hydrogen-bond donors (Lipinski definition) is 4. The Morgan fingerprint density at radius 2 is 1.18 bits per heavy atom. The van der Waals surface area contributed by atoms with E-state index in [2.05, 4.69) is 62.5 Å². The second-order valence-electron chi connectivity index (χ2n) is 12.7. The Hall–Kier alpha value is -2.83. The molecule has 1 heterocycles. The average molecular weight is 709 g/mol. The van der Waals surface area contributed by atoms with Crippen molar-refractivity contribution < 1.29 is 53.8 Å². The molecule has 6 unspecified atom stereocenters. The first kappa shape index (κ1) is 45.2. The van der Waals surface area contributed by atoms with E-state index in [0.717, 1.165) is 57.8 Å². The van der Waals surface area contributed by atoms with Crippen LogP contribution in [-0.4, -0.2) is 88.4 Å². The van der Waals surface area contributed by atoms with Gasteiger partial charge >= 0.3 is 17.9 Å². The van der Waals surface area contributed by atoms with Gasteiger partial charge in [-0.3, -0.25) is 9.59 Å². The molecule has 0 aromatic heterocycles. The van der Waals surface area contributed by atoms with Gasteiger partial charge in [-0.15, -0.1) is 0 Å². The molecule has 11 heteroatoms. The molecule has 1 aliphatic rings. The summed E-state index contributed by atoms with van der Waals surface area (Å²) in [6, 6.07) is 0. The third kappa shape index (κ3) is 22.1. The monoisotopic (exact) mass is 708 g/mol. The summed E-state index contributed by atoms with van der Waals surface area (Å²) in [5.74, 6) is -2.51. The van der Waals surface area contributed by atoms with Crippen LogP contribution in [0.4, 0.5) is 0 Å². The lowest BCUT2D eigenvalue weighted by molar-refractivity contribution is -0.298. The highest BCUT2D eigenvalue weighted by Gasteiger charge is 2.47. The van der Waals surface area contributed by atoms with E-state index < -0.39 is 61.3 Å². The van der Waals surface area contributed by atoms with E-state index in [1.54, 1.807) is 0 Å². The van der Waals surface area contributed by atoms with E-state index in [4.69, 9.17) is 18.9 Å². The fraction of sp³-hybridized carbons (Fsp3) is 0.718. The molecule has 0 spiro atoms. The number of hydrogen-bond acceptors (Lipinski definition) is 10. The highest BCUT2D eigenvalue weighted by molar-refractivity contribution is 5.73. The highest BCUT2D eigenvalue weighted by Crippen LogP contribution is 2.23. The number of aliphatic hydroxyl groups is 3. The molecule has 0 aliphatic carbocycles. The van der Waals surface area contributed by atoms with Crippen LogP contribution in [0.3, 0.4) is 0 Å². The predicted octanol–water partition coefficient (Wildman–Crippen LogP) is 6.64. The number of unbranched alkanes of at least 4 members (excludes halogenated alkanes) is 10. The van der Waals surface area contributed by atoms with Crippen LogP contribution < -0.4 is 0 Å². The van der Waals surface area contributed by atoms with Gasteiger partial charge in [0, 0.05) is 12.8 Å². The number of aliphatic hydroxyl groups excluding tert-OH is 3. The zero-order chi connectivity index (χ0) is 36.8. The number of esters is 2. The van der Waals surface area contributed by atoms with Crippen molar-refractivity contribution in [3.63, 3.8) is 0 Å². The van der Waals surface area contributed by atoms with Crippen molar-refractivity contribution in [2.24, 2.45) is 0 Å². The molecular weight excluding hydrogens is 644 g/mol. The molecule has 286 valence electrons. The molecule has 0 bridgehead atoms. The van der Waals surface area contributed by atoms with Crippen molar-refractivity contribution in [2.45, 2.75) is 166 Å².